The van der Waals surface area contributed by atoms with Crippen molar-refractivity contribution in [2.45, 2.75) is 32.2 Å². The van der Waals surface area contributed by atoms with Gasteiger partial charge in [-0.05, 0) is 42.9 Å². The maximum atomic E-state index is 5.36. The minimum atomic E-state index is 0.358. The molecule has 0 amide bonds. The summed E-state index contributed by atoms with van der Waals surface area (Å²) in [6, 6.07) is 6.49. The lowest BCUT2D eigenvalue weighted by Gasteiger charge is -2.21. The maximum absolute atomic E-state index is 5.36. The second-order valence-corrected chi connectivity index (χ2v) is 6.05. The molecular weight excluding hydrogens is 292 g/mol. The fourth-order valence-corrected chi connectivity index (χ4v) is 2.97. The Kier molecular flexibility index (Phi) is 6.71. The van der Waals surface area contributed by atoms with Crippen molar-refractivity contribution in [2.75, 3.05) is 34.5 Å². The van der Waals surface area contributed by atoms with Crippen LogP contribution in [0.2, 0.25) is 0 Å². The van der Waals surface area contributed by atoms with Crippen LogP contribution < -0.4 is 9.47 Å². The highest BCUT2D eigenvalue weighted by molar-refractivity contribution is 5.60. The average Bonchev–Trinajstić information content (AvgIpc) is 3.00. The molecule has 2 atom stereocenters. The van der Waals surface area contributed by atoms with E-state index in [-0.39, 0.29) is 0 Å². The van der Waals surface area contributed by atoms with E-state index in [4.69, 9.17) is 14.2 Å². The van der Waals surface area contributed by atoms with Crippen LogP contribution in [0, 0.1) is 5.92 Å². The first-order chi connectivity index (χ1) is 11.2. The van der Waals surface area contributed by atoms with Gasteiger partial charge >= 0.3 is 0 Å². The number of hydrazone groups is 1. The van der Waals surface area contributed by atoms with Gasteiger partial charge in [-0.15, -0.1) is 0 Å². The van der Waals surface area contributed by atoms with Gasteiger partial charge in [0.15, 0.2) is 11.5 Å². The molecule has 0 radical (unpaired) electrons. The summed E-state index contributed by atoms with van der Waals surface area (Å²) < 4.78 is 15.9. The topological polar surface area (TPSA) is 43.3 Å². The zero-order valence-corrected chi connectivity index (χ0v) is 14.6. The lowest BCUT2D eigenvalue weighted by molar-refractivity contribution is 0.118. The molecule has 23 heavy (non-hydrogen) atoms. The number of ether oxygens (including phenoxy) is 3. The smallest absolute Gasteiger partial charge is 0.160 e. The molecule has 1 aliphatic rings. The van der Waals surface area contributed by atoms with E-state index < -0.39 is 0 Å². The zero-order chi connectivity index (χ0) is 16.7. The zero-order valence-electron chi connectivity index (χ0n) is 14.6. The SMILES string of the molecule is COC[C@@H]1CCCN1/N=C/C(C)Cc1ccc(OC)c(OC)c1. The highest BCUT2D eigenvalue weighted by Gasteiger charge is 2.22. The van der Waals surface area contributed by atoms with E-state index in [0.29, 0.717) is 12.0 Å². The van der Waals surface area contributed by atoms with E-state index >= 15 is 0 Å². The Bertz CT molecular complexity index is 519. The summed E-state index contributed by atoms with van der Waals surface area (Å²) in [6.45, 7) is 3.95. The van der Waals surface area contributed by atoms with E-state index in [0.717, 1.165) is 37.5 Å². The first-order valence-corrected chi connectivity index (χ1v) is 8.18. The molecule has 1 heterocycles. The van der Waals surface area contributed by atoms with Crippen LogP contribution in [0.25, 0.3) is 0 Å². The molecular formula is C18H28N2O3. The lowest BCUT2D eigenvalue weighted by atomic mass is 10.0. The maximum Gasteiger partial charge on any atom is 0.160 e. The largest absolute Gasteiger partial charge is 0.493 e. The summed E-state index contributed by atoms with van der Waals surface area (Å²) in [6.07, 6.45) is 5.32. The van der Waals surface area contributed by atoms with Crippen molar-refractivity contribution in [1.29, 1.82) is 0 Å². The van der Waals surface area contributed by atoms with Crippen LogP contribution in [-0.2, 0) is 11.2 Å². The normalized spacial score (nSPS) is 19.3. The molecule has 1 fully saturated rings. The summed E-state index contributed by atoms with van der Waals surface area (Å²) >= 11 is 0. The van der Waals surface area contributed by atoms with Gasteiger partial charge in [0, 0.05) is 19.9 Å². The predicted molar refractivity (Wildman–Crippen MR) is 92.5 cm³/mol. The van der Waals surface area contributed by atoms with Crippen LogP contribution >= 0.6 is 0 Å². The molecule has 1 aliphatic heterocycles. The van der Waals surface area contributed by atoms with Gasteiger partial charge in [0.1, 0.15) is 0 Å². The molecule has 0 spiro atoms. The van der Waals surface area contributed by atoms with Gasteiger partial charge in [-0.3, -0.25) is 5.01 Å². The number of benzene rings is 1. The van der Waals surface area contributed by atoms with Crippen molar-refractivity contribution in [3.8, 4) is 11.5 Å². The number of methoxy groups -OCH3 is 3. The van der Waals surface area contributed by atoms with Gasteiger partial charge in [-0.25, -0.2) is 0 Å². The number of hydrogen-bond donors (Lipinski definition) is 0. The molecule has 1 unspecified atom stereocenters. The molecule has 0 saturated carbocycles. The third-order valence-electron chi connectivity index (χ3n) is 4.18. The van der Waals surface area contributed by atoms with Gasteiger partial charge in [-0.1, -0.05) is 13.0 Å². The molecule has 0 aliphatic carbocycles. The highest BCUT2D eigenvalue weighted by atomic mass is 16.5. The average molecular weight is 320 g/mol. The van der Waals surface area contributed by atoms with Gasteiger partial charge in [0.05, 0.1) is 26.9 Å². The second kappa shape index (κ2) is 8.77. The number of rotatable bonds is 8. The molecule has 5 heteroatoms. The minimum Gasteiger partial charge on any atom is -0.493 e. The van der Waals surface area contributed by atoms with Crippen LogP contribution in [0.4, 0.5) is 0 Å². The van der Waals surface area contributed by atoms with E-state index in [2.05, 4.69) is 23.1 Å². The first kappa shape index (κ1) is 17.6. The molecule has 128 valence electrons. The molecule has 0 N–H and O–H groups in total. The van der Waals surface area contributed by atoms with Crippen LogP contribution in [-0.4, -0.2) is 51.7 Å². The van der Waals surface area contributed by atoms with Crippen LogP contribution in [0.3, 0.4) is 0 Å². The van der Waals surface area contributed by atoms with E-state index in [1.807, 2.05) is 18.3 Å². The summed E-state index contributed by atoms with van der Waals surface area (Å²) in [7, 11) is 5.06. The minimum absolute atomic E-state index is 0.358. The van der Waals surface area contributed by atoms with Crippen molar-refractivity contribution in [1.82, 2.24) is 5.01 Å². The Balaban J connectivity index is 1.93. The van der Waals surface area contributed by atoms with E-state index in [1.165, 1.54) is 12.0 Å². The first-order valence-electron chi connectivity index (χ1n) is 8.18. The van der Waals surface area contributed by atoms with Crippen LogP contribution in [0.5, 0.6) is 11.5 Å². The van der Waals surface area contributed by atoms with Gasteiger partial charge in [-0.2, -0.15) is 5.10 Å². The standard InChI is InChI=1S/C18H28N2O3/c1-14(12-19-20-9-5-6-16(20)13-21-2)10-15-7-8-17(22-3)18(11-15)23-4/h7-8,11-12,14,16H,5-6,9-10,13H2,1-4H3/b19-12+/t14?,16-/m0/s1. The molecule has 0 bridgehead atoms. The third kappa shape index (κ3) is 4.86. The van der Waals surface area contributed by atoms with Gasteiger partial charge in [0.25, 0.3) is 0 Å². The van der Waals surface area contributed by atoms with Gasteiger partial charge in [0.2, 0.25) is 0 Å². The van der Waals surface area contributed by atoms with Crippen molar-refractivity contribution in [3.05, 3.63) is 23.8 Å². The fourth-order valence-electron chi connectivity index (χ4n) is 2.97. The fraction of sp³-hybridized carbons (Fsp3) is 0.611. The Hall–Kier alpha value is -1.75. The second-order valence-electron chi connectivity index (χ2n) is 6.05. The quantitative estimate of drug-likeness (QED) is 0.691. The van der Waals surface area contributed by atoms with Crippen molar-refractivity contribution in [2.24, 2.45) is 11.0 Å². The Labute approximate surface area is 139 Å². The van der Waals surface area contributed by atoms with E-state index in [9.17, 15) is 0 Å². The lowest BCUT2D eigenvalue weighted by Crippen LogP contribution is -2.28. The molecule has 5 nitrogen and oxygen atoms in total. The van der Waals surface area contributed by atoms with Crippen molar-refractivity contribution >= 4 is 6.21 Å². The van der Waals surface area contributed by atoms with Crippen LogP contribution in [0.1, 0.15) is 25.3 Å². The number of hydrogen-bond acceptors (Lipinski definition) is 5. The number of nitrogens with zero attached hydrogens (tertiary/aromatic N) is 2. The summed E-state index contributed by atoms with van der Waals surface area (Å²) in [5.41, 5.74) is 1.22. The third-order valence-corrected chi connectivity index (χ3v) is 4.18. The van der Waals surface area contributed by atoms with Gasteiger partial charge < -0.3 is 14.2 Å². The Morgan fingerprint density at radius 1 is 1.26 bits per heavy atom. The molecule has 0 aromatic heterocycles. The summed E-state index contributed by atoms with van der Waals surface area (Å²) in [5.74, 6) is 1.89. The predicted octanol–water partition coefficient (Wildman–Crippen LogP) is 2.98. The molecule has 1 aromatic rings. The summed E-state index contributed by atoms with van der Waals surface area (Å²) in [5, 5.41) is 6.83. The monoisotopic (exact) mass is 320 g/mol. The molecule has 1 saturated heterocycles. The van der Waals surface area contributed by atoms with Crippen LogP contribution in [0.15, 0.2) is 23.3 Å². The summed E-state index contributed by atoms with van der Waals surface area (Å²) in [4.78, 5) is 0. The van der Waals surface area contributed by atoms with E-state index in [1.54, 1.807) is 21.3 Å². The van der Waals surface area contributed by atoms with Crippen molar-refractivity contribution < 1.29 is 14.2 Å². The van der Waals surface area contributed by atoms with Crippen molar-refractivity contribution in [3.63, 3.8) is 0 Å². The molecule has 1 aromatic carbocycles. The Morgan fingerprint density at radius 2 is 2.04 bits per heavy atom. The Morgan fingerprint density at radius 3 is 2.74 bits per heavy atom. The molecule has 2 rings (SSSR count). The highest BCUT2D eigenvalue weighted by Crippen LogP contribution is 2.28.